The third kappa shape index (κ3) is 13.3. The molecule has 12 heteroatoms. The number of esters is 1. The predicted molar refractivity (Wildman–Crippen MR) is 194 cm³/mol. The molecule has 1 aromatic carbocycles. The second-order valence-corrected chi connectivity index (χ2v) is 12.9. The standard InChI is InChI=1S/C39H48ClN6O4.ClH/c1-31(47)50-39-35(27-36(40)34-17-9-19-42-38(34)39)37-30-46(44-43-37)22-4-2-3-6-23-48-26-12-16-33-14-10-21-45(29-33)20-5-7-24-49-25-11-15-32-13-8-18-41-28-32;/h8-10,13-14,17-19,21,27-30H,2-7,11-12,15-16,20,22-26H2,1H3;1H/q+1;/p-1. The number of nitrogens with zero attached hydrogens (tertiary/aromatic N) is 6. The van der Waals surface area contributed by atoms with Crippen LogP contribution in [0, 0.1) is 0 Å². The fourth-order valence-electron chi connectivity index (χ4n) is 5.84. The quantitative estimate of drug-likeness (QED) is 0.0447. The first kappa shape index (κ1) is 39.8. The lowest BCUT2D eigenvalue weighted by Crippen LogP contribution is -3.00. The van der Waals surface area contributed by atoms with E-state index in [1.54, 1.807) is 18.3 Å². The third-order valence-corrected chi connectivity index (χ3v) is 8.70. The molecule has 0 amide bonds. The number of aromatic nitrogens is 6. The number of aryl methyl sites for hydroxylation is 4. The number of rotatable bonds is 22. The van der Waals surface area contributed by atoms with Gasteiger partial charge >= 0.3 is 5.97 Å². The van der Waals surface area contributed by atoms with Crippen molar-refractivity contribution in [3.63, 3.8) is 0 Å². The van der Waals surface area contributed by atoms with Crippen molar-refractivity contribution in [2.24, 2.45) is 0 Å². The van der Waals surface area contributed by atoms with Crippen LogP contribution in [0.4, 0.5) is 0 Å². The smallest absolute Gasteiger partial charge is 0.308 e. The van der Waals surface area contributed by atoms with Crippen LogP contribution in [0.1, 0.15) is 69.4 Å². The van der Waals surface area contributed by atoms with Gasteiger partial charge in [0.2, 0.25) is 0 Å². The van der Waals surface area contributed by atoms with E-state index in [-0.39, 0.29) is 12.4 Å². The largest absolute Gasteiger partial charge is 1.00 e. The molecule has 0 N–H and O–H groups in total. The van der Waals surface area contributed by atoms with Crippen LogP contribution in [-0.2, 0) is 40.2 Å². The van der Waals surface area contributed by atoms with Crippen LogP contribution >= 0.6 is 11.6 Å². The van der Waals surface area contributed by atoms with E-state index in [1.807, 2.05) is 35.4 Å². The van der Waals surface area contributed by atoms with E-state index in [2.05, 4.69) is 55.4 Å². The number of benzene rings is 1. The SMILES string of the molecule is CC(=O)Oc1c(-c2cn(CCCCCCOCCCc3ccc[n+](CCCCOCCCc4cccnc4)c3)nn2)cc(Cl)c2cccnc12.[Cl-]. The molecule has 0 saturated heterocycles. The summed E-state index contributed by atoms with van der Waals surface area (Å²) in [6, 6.07) is 13.8. The molecular formula is C39H48Cl2N6O4. The Labute approximate surface area is 311 Å². The normalized spacial score (nSPS) is 11.1. The highest BCUT2D eigenvalue weighted by molar-refractivity contribution is 6.36. The molecule has 0 aliphatic carbocycles. The van der Waals surface area contributed by atoms with Crippen LogP contribution in [0.2, 0.25) is 5.02 Å². The average molecular weight is 736 g/mol. The summed E-state index contributed by atoms with van der Waals surface area (Å²) in [5.41, 5.74) is 4.31. The monoisotopic (exact) mass is 734 g/mol. The summed E-state index contributed by atoms with van der Waals surface area (Å²) in [4.78, 5) is 20.4. The number of halogens is 2. The van der Waals surface area contributed by atoms with Crippen molar-refractivity contribution in [3.8, 4) is 17.0 Å². The van der Waals surface area contributed by atoms with E-state index < -0.39 is 5.97 Å². The van der Waals surface area contributed by atoms with Crippen molar-refractivity contribution in [3.05, 3.63) is 95.8 Å². The second-order valence-electron chi connectivity index (χ2n) is 12.5. The summed E-state index contributed by atoms with van der Waals surface area (Å²) in [6.07, 6.45) is 22.1. The molecule has 0 aliphatic rings. The molecule has 0 bridgehead atoms. The number of hydrogen-bond donors (Lipinski definition) is 0. The number of unbranched alkanes of at least 4 members (excludes halogenated alkanes) is 4. The van der Waals surface area contributed by atoms with Crippen molar-refractivity contribution < 1.29 is 36.0 Å². The van der Waals surface area contributed by atoms with Crippen LogP contribution in [0.15, 0.2) is 79.6 Å². The van der Waals surface area contributed by atoms with E-state index in [0.717, 1.165) is 104 Å². The first-order chi connectivity index (χ1) is 24.6. The molecule has 5 rings (SSSR count). The lowest BCUT2D eigenvalue weighted by atomic mass is 10.1. The van der Waals surface area contributed by atoms with Crippen LogP contribution in [0.3, 0.4) is 0 Å². The fraction of sp³-hybridized carbons (Fsp3) is 0.436. The zero-order chi connectivity index (χ0) is 34.8. The highest BCUT2D eigenvalue weighted by Gasteiger charge is 2.19. The molecule has 0 atom stereocenters. The Morgan fingerprint density at radius 1 is 0.863 bits per heavy atom. The number of carbonyl (C=O) groups excluding carboxylic acids is 1. The minimum absolute atomic E-state index is 0. The van der Waals surface area contributed by atoms with E-state index in [4.69, 9.17) is 25.8 Å². The molecule has 4 aromatic heterocycles. The third-order valence-electron chi connectivity index (χ3n) is 8.39. The van der Waals surface area contributed by atoms with Crippen molar-refractivity contribution in [2.45, 2.75) is 84.2 Å². The van der Waals surface area contributed by atoms with Crippen molar-refractivity contribution in [1.29, 1.82) is 0 Å². The van der Waals surface area contributed by atoms with E-state index in [9.17, 15) is 4.79 Å². The molecule has 0 aliphatic heterocycles. The maximum Gasteiger partial charge on any atom is 0.308 e. The van der Waals surface area contributed by atoms with E-state index >= 15 is 0 Å². The van der Waals surface area contributed by atoms with Gasteiger partial charge in [0.15, 0.2) is 18.1 Å². The molecule has 10 nitrogen and oxygen atoms in total. The van der Waals surface area contributed by atoms with E-state index in [0.29, 0.717) is 32.9 Å². The van der Waals surface area contributed by atoms with Crippen molar-refractivity contribution in [2.75, 3.05) is 26.4 Å². The van der Waals surface area contributed by atoms with Gasteiger partial charge in [-0.1, -0.05) is 35.7 Å². The summed E-state index contributed by atoms with van der Waals surface area (Å²) in [5, 5.41) is 9.84. The molecule has 4 heterocycles. The Bertz CT molecular complexity index is 1770. The molecule has 51 heavy (non-hydrogen) atoms. The van der Waals surface area contributed by atoms with Crippen LogP contribution in [0.5, 0.6) is 5.75 Å². The van der Waals surface area contributed by atoms with Crippen LogP contribution in [0.25, 0.3) is 22.2 Å². The molecule has 0 spiro atoms. The van der Waals surface area contributed by atoms with Gasteiger partial charge in [-0.05, 0) is 80.8 Å². The maximum absolute atomic E-state index is 11.9. The molecule has 5 aromatic rings. The van der Waals surface area contributed by atoms with Crippen LogP contribution in [-0.4, -0.2) is 57.4 Å². The maximum atomic E-state index is 11.9. The van der Waals surface area contributed by atoms with Gasteiger partial charge in [0.1, 0.15) is 17.8 Å². The highest BCUT2D eigenvalue weighted by atomic mass is 35.5. The first-order valence-electron chi connectivity index (χ1n) is 17.8. The second kappa shape index (κ2) is 22.1. The minimum atomic E-state index is -0.436. The van der Waals surface area contributed by atoms with Gasteiger partial charge in [-0.25, -0.2) is 4.57 Å². The number of pyridine rings is 3. The van der Waals surface area contributed by atoms with Crippen molar-refractivity contribution >= 4 is 28.5 Å². The zero-order valence-electron chi connectivity index (χ0n) is 29.4. The predicted octanol–water partition coefficient (Wildman–Crippen LogP) is 4.40. The van der Waals surface area contributed by atoms with Gasteiger partial charge in [-0.3, -0.25) is 19.4 Å². The number of carbonyl (C=O) groups is 1. The lowest BCUT2D eigenvalue weighted by molar-refractivity contribution is -0.697. The Morgan fingerprint density at radius 3 is 2.37 bits per heavy atom. The van der Waals surface area contributed by atoms with Gasteiger partial charge in [-0.15, -0.1) is 5.10 Å². The summed E-state index contributed by atoms with van der Waals surface area (Å²) in [6.45, 7) is 6.29. The van der Waals surface area contributed by atoms with Crippen molar-refractivity contribution in [1.82, 2.24) is 25.0 Å². The summed E-state index contributed by atoms with van der Waals surface area (Å²) >= 11 is 6.53. The van der Waals surface area contributed by atoms with Gasteiger partial charge in [0.05, 0.1) is 16.8 Å². The van der Waals surface area contributed by atoms with Gasteiger partial charge in [0, 0.05) is 81.9 Å². The Balaban J connectivity index is 0.00000583. The summed E-state index contributed by atoms with van der Waals surface area (Å²) in [5.74, 6) is -0.0946. The Kier molecular flexibility index (Phi) is 17.2. The first-order valence-corrected chi connectivity index (χ1v) is 18.1. The van der Waals surface area contributed by atoms with Crippen LogP contribution < -0.4 is 21.7 Å². The topological polar surface area (TPSA) is 105 Å². The number of fused-ring (bicyclic) bond motifs is 1. The molecule has 0 radical (unpaired) electrons. The highest BCUT2D eigenvalue weighted by Crippen LogP contribution is 2.39. The molecule has 0 saturated carbocycles. The summed E-state index contributed by atoms with van der Waals surface area (Å²) < 4.78 is 21.4. The number of hydrogen-bond acceptors (Lipinski definition) is 8. The van der Waals surface area contributed by atoms with Gasteiger partial charge in [-0.2, -0.15) is 0 Å². The Hall–Kier alpha value is -3.96. The average Bonchev–Trinajstić information content (AvgIpc) is 3.60. The van der Waals surface area contributed by atoms with Gasteiger partial charge in [0.25, 0.3) is 0 Å². The summed E-state index contributed by atoms with van der Waals surface area (Å²) in [7, 11) is 0. The Morgan fingerprint density at radius 2 is 1.59 bits per heavy atom. The molecule has 272 valence electrons. The number of ether oxygens (including phenoxy) is 3. The zero-order valence-corrected chi connectivity index (χ0v) is 30.9. The molecule has 0 fully saturated rings. The van der Waals surface area contributed by atoms with E-state index in [1.165, 1.54) is 18.1 Å². The fourth-order valence-corrected chi connectivity index (χ4v) is 6.11. The van der Waals surface area contributed by atoms with Gasteiger partial charge < -0.3 is 26.6 Å². The minimum Gasteiger partial charge on any atom is -1.00 e. The molecular weight excluding hydrogens is 687 g/mol. The molecule has 0 unspecified atom stereocenters. The lowest BCUT2D eigenvalue weighted by Gasteiger charge is -2.11.